The minimum absolute atomic E-state index is 0.174. The third-order valence-corrected chi connectivity index (χ3v) is 14.9. The molecule has 2 aliphatic rings. The quantitative estimate of drug-likeness (QED) is 0.0223. The predicted octanol–water partition coefficient (Wildman–Crippen LogP) is 8.48. The highest BCUT2D eigenvalue weighted by Gasteiger charge is 2.39. The average molecular weight is 1080 g/mol. The number of hydrogen-bond acceptors (Lipinski definition) is 15. The highest BCUT2D eigenvalue weighted by molar-refractivity contribution is 8.00. The molecule has 2 fully saturated rings. The second-order valence-electron chi connectivity index (χ2n) is 19.2. The van der Waals surface area contributed by atoms with Crippen LogP contribution in [0.1, 0.15) is 132 Å². The van der Waals surface area contributed by atoms with Crippen molar-refractivity contribution in [2.45, 2.75) is 145 Å². The van der Waals surface area contributed by atoms with Crippen LogP contribution in [-0.4, -0.2) is 93.9 Å². The monoisotopic (exact) mass is 1080 g/mol. The summed E-state index contributed by atoms with van der Waals surface area (Å²) >= 11 is 1.33. The van der Waals surface area contributed by atoms with Crippen molar-refractivity contribution in [3.8, 4) is 11.5 Å². The van der Waals surface area contributed by atoms with Gasteiger partial charge in [0.1, 0.15) is 72.3 Å². The molecule has 2 saturated heterocycles. The molecule has 0 spiro atoms. The number of hydrogen-bond donors (Lipinski definition) is 3. The highest BCUT2D eigenvalue weighted by atomic mass is 32.2. The van der Waals surface area contributed by atoms with Gasteiger partial charge in [-0.3, -0.25) is 28.5 Å². The molecule has 18 nitrogen and oxygen atoms in total. The molecule has 20 heteroatoms. The number of thioether (sulfide) groups is 1. The van der Waals surface area contributed by atoms with Gasteiger partial charge in [-0.15, -0.1) is 11.8 Å². The van der Waals surface area contributed by atoms with E-state index in [0.29, 0.717) is 29.5 Å². The lowest BCUT2D eigenvalue weighted by molar-refractivity contribution is -0.153. The number of rotatable bonds is 30. The summed E-state index contributed by atoms with van der Waals surface area (Å²) in [6.45, 7) is 1.52. The fraction of sp³-hybridized carbons (Fsp3) is 0.491. The highest BCUT2D eigenvalue weighted by Crippen LogP contribution is 2.41. The van der Waals surface area contributed by atoms with Crippen LogP contribution >= 0.6 is 11.8 Å². The van der Waals surface area contributed by atoms with E-state index in [4.69, 9.17) is 28.4 Å². The molecular formula is C57H71FN6O12S. The van der Waals surface area contributed by atoms with Gasteiger partial charge < -0.3 is 39.1 Å². The first-order valence-electron chi connectivity index (χ1n) is 26.6. The molecule has 0 unspecified atom stereocenters. The van der Waals surface area contributed by atoms with Crippen LogP contribution in [0.3, 0.4) is 0 Å². The molecule has 4 heterocycles. The van der Waals surface area contributed by atoms with Crippen molar-refractivity contribution in [1.82, 2.24) is 24.4 Å². The maximum atomic E-state index is 15.0. The third kappa shape index (κ3) is 16.1. The van der Waals surface area contributed by atoms with Crippen LogP contribution in [0.2, 0.25) is 0 Å². The zero-order valence-corrected chi connectivity index (χ0v) is 44.9. The molecular weight excluding hydrogens is 1010 g/mol. The maximum Gasteiger partial charge on any atom is 0.351 e. The zero-order valence-electron chi connectivity index (χ0n) is 44.0. The minimum atomic E-state index is -1.58. The van der Waals surface area contributed by atoms with Gasteiger partial charge >= 0.3 is 23.3 Å². The molecule has 1 amide bonds. The lowest BCUT2D eigenvalue weighted by Gasteiger charge is -2.37. The summed E-state index contributed by atoms with van der Waals surface area (Å²) in [5.74, 6) is 0.0521. The number of nitrogens with zero attached hydrogens (tertiary/aromatic N) is 3. The van der Waals surface area contributed by atoms with Crippen LogP contribution in [0.15, 0.2) is 118 Å². The van der Waals surface area contributed by atoms with Crippen molar-refractivity contribution in [3.05, 3.63) is 151 Å². The normalized spacial score (nSPS) is 18.6. The van der Waals surface area contributed by atoms with E-state index in [0.717, 1.165) is 53.0 Å². The number of anilines is 1. The number of alkyl halides is 1. The first-order chi connectivity index (χ1) is 37.4. The number of aromatic nitrogens is 4. The summed E-state index contributed by atoms with van der Waals surface area (Å²) in [6, 6.07) is 26.8. The van der Waals surface area contributed by atoms with Gasteiger partial charge in [-0.25, -0.2) is 18.8 Å². The molecule has 0 radical (unpaired) electrons. The number of carbonyl (C=O) groups is 3. The van der Waals surface area contributed by atoms with E-state index < -0.39 is 77.2 Å². The van der Waals surface area contributed by atoms with Gasteiger partial charge in [0.25, 0.3) is 5.56 Å². The Morgan fingerprint density at radius 1 is 0.740 bits per heavy atom. The van der Waals surface area contributed by atoms with Crippen LogP contribution in [0.4, 0.5) is 10.2 Å². The molecule has 77 heavy (non-hydrogen) atoms. The average Bonchev–Trinajstić information content (AvgIpc) is 4.10. The number of H-pyrrole nitrogens is 1. The van der Waals surface area contributed by atoms with Gasteiger partial charge in [-0.05, 0) is 59.9 Å². The van der Waals surface area contributed by atoms with Gasteiger partial charge in [0.05, 0.1) is 14.2 Å². The van der Waals surface area contributed by atoms with Gasteiger partial charge in [-0.2, -0.15) is 4.98 Å². The molecule has 0 saturated carbocycles. The molecule has 0 aliphatic carbocycles. The number of carbonyl (C=O) groups excluding carboxylic acids is 3. The van der Waals surface area contributed by atoms with Gasteiger partial charge in [0.15, 0.2) is 0 Å². The van der Waals surface area contributed by atoms with Gasteiger partial charge in [-0.1, -0.05) is 126 Å². The molecule has 0 bridgehead atoms. The Balaban J connectivity index is 0.961. The molecule has 7 rings (SSSR count). The van der Waals surface area contributed by atoms with Crippen LogP contribution in [0.25, 0.3) is 0 Å². The van der Waals surface area contributed by atoms with Crippen LogP contribution < -0.4 is 37.0 Å². The van der Waals surface area contributed by atoms with Crippen LogP contribution in [-0.2, 0) is 38.9 Å². The molecule has 3 aromatic carbocycles. The number of amides is 1. The number of benzene rings is 3. The number of aromatic amines is 1. The Bertz CT molecular complexity index is 2800. The Morgan fingerprint density at radius 2 is 1.35 bits per heavy atom. The molecule has 3 N–H and O–H groups in total. The van der Waals surface area contributed by atoms with Crippen LogP contribution in [0.5, 0.6) is 11.5 Å². The standard InChI is InChI=1S/C57H71FN6O12S/c1-4-5-6-7-8-9-10-11-12-13-17-20-48(65)59-45(29-30-52(67)73-36-46-44(58)35-50(75-46)63-34-32-49(66)61-56(63)70)54(68)74-37-53-76-51(38-77-53)64-33-31-47(60-55(64)69)62-57(39-18-15-14-16-19-39,40-21-25-42(71-2)26-22-40)41-23-27-43(72-3)28-24-41/h14-16,18-19,21-28,31-34,44-46,50-51,53H,4-13,17,20,29-30,35-38H2,1-3H3,(H,59,65)(H,60,62,69)(H,61,66,70)/t44-,45-,46+,50+,51-,53+/m0/s1. The van der Waals surface area contributed by atoms with Crippen molar-refractivity contribution in [2.75, 3.05) is 38.5 Å². The lowest BCUT2D eigenvalue weighted by Crippen LogP contribution is -2.43. The molecule has 2 aliphatic heterocycles. The van der Waals surface area contributed by atoms with E-state index in [1.54, 1.807) is 26.5 Å². The molecule has 5 aromatic rings. The first kappa shape index (κ1) is 57.9. The molecule has 2 aromatic heterocycles. The Morgan fingerprint density at radius 3 is 1.96 bits per heavy atom. The number of esters is 2. The van der Waals surface area contributed by atoms with Crippen LogP contribution in [0, 0.1) is 0 Å². The number of methoxy groups -OCH3 is 2. The summed E-state index contributed by atoms with van der Waals surface area (Å²) in [7, 11) is 3.21. The smallest absolute Gasteiger partial charge is 0.351 e. The first-order valence-corrected chi connectivity index (χ1v) is 27.7. The summed E-state index contributed by atoms with van der Waals surface area (Å²) in [5, 5.41) is 6.35. The maximum absolute atomic E-state index is 15.0. The van der Waals surface area contributed by atoms with E-state index >= 15 is 0 Å². The SMILES string of the molecule is CCCCCCCCCCCCCC(=O)N[C@@H](CCC(=O)OC[C@H]1O[C@@H](n2ccc(=O)[nH]c2=O)C[C@@H]1F)C(=O)OC[C@@H]1O[C@H](n2ccc(NC(c3ccccc3)(c3ccc(OC)cc3)c3ccc(OC)cc3)nc2=O)CS1. The fourth-order valence-electron chi connectivity index (χ4n) is 9.55. The summed E-state index contributed by atoms with van der Waals surface area (Å²) in [5.41, 5.74) is -1.09. The predicted molar refractivity (Wildman–Crippen MR) is 290 cm³/mol. The van der Waals surface area contributed by atoms with Crippen molar-refractivity contribution >= 4 is 35.4 Å². The van der Waals surface area contributed by atoms with E-state index in [1.165, 1.54) is 61.1 Å². The number of ether oxygens (including phenoxy) is 6. The fourth-order valence-corrected chi connectivity index (χ4v) is 10.5. The number of halogens is 1. The van der Waals surface area contributed by atoms with Crippen molar-refractivity contribution < 1.29 is 47.2 Å². The van der Waals surface area contributed by atoms with E-state index in [1.807, 2.05) is 78.9 Å². The third-order valence-electron chi connectivity index (χ3n) is 13.8. The molecule has 6 atom stereocenters. The number of nitrogens with one attached hydrogen (secondary N) is 3. The van der Waals surface area contributed by atoms with Crippen molar-refractivity contribution in [2.24, 2.45) is 0 Å². The van der Waals surface area contributed by atoms with E-state index in [9.17, 15) is 33.2 Å². The Kier molecular flexibility index (Phi) is 21.9. The largest absolute Gasteiger partial charge is 0.497 e. The second kappa shape index (κ2) is 29.1. The topological polar surface area (TPSA) is 220 Å². The summed E-state index contributed by atoms with van der Waals surface area (Å²) in [6.07, 6.45) is 9.98. The molecule has 414 valence electrons. The Hall–Kier alpha value is -6.77. The Labute approximate surface area is 451 Å². The second-order valence-corrected chi connectivity index (χ2v) is 20.4. The van der Waals surface area contributed by atoms with E-state index in [-0.39, 0.29) is 38.2 Å². The van der Waals surface area contributed by atoms with Crippen molar-refractivity contribution in [3.63, 3.8) is 0 Å². The zero-order chi connectivity index (χ0) is 54.6. The minimum Gasteiger partial charge on any atom is -0.497 e. The van der Waals surface area contributed by atoms with Crippen molar-refractivity contribution in [1.29, 1.82) is 0 Å². The van der Waals surface area contributed by atoms with Gasteiger partial charge in [0, 0.05) is 43.5 Å². The summed E-state index contributed by atoms with van der Waals surface area (Å²) < 4.78 is 51.3. The summed E-state index contributed by atoms with van der Waals surface area (Å²) in [4.78, 5) is 84.2. The van der Waals surface area contributed by atoms with Gasteiger partial charge in [0.2, 0.25) is 5.91 Å². The number of unbranched alkanes of at least 4 members (excludes halogenated alkanes) is 10. The lowest BCUT2D eigenvalue weighted by atomic mass is 9.77. The van der Waals surface area contributed by atoms with E-state index in [2.05, 4.69) is 27.5 Å².